The van der Waals surface area contributed by atoms with Crippen LogP contribution in [0.4, 0.5) is 0 Å². The lowest BCUT2D eigenvalue weighted by atomic mass is 10.0. The molecule has 0 rings (SSSR count). The highest BCUT2D eigenvalue weighted by Gasteiger charge is 2.04. The number of hydrogen-bond acceptors (Lipinski definition) is 2. The van der Waals surface area contributed by atoms with E-state index in [1.54, 1.807) is 0 Å². The summed E-state index contributed by atoms with van der Waals surface area (Å²) < 4.78 is 5.19. The summed E-state index contributed by atoms with van der Waals surface area (Å²) in [6.07, 6.45) is 25.4. The first-order valence-electron chi connectivity index (χ1n) is 12.1. The molecule has 2 heteroatoms. The molecule has 0 fully saturated rings. The predicted molar refractivity (Wildman–Crippen MR) is 119 cm³/mol. The van der Waals surface area contributed by atoms with E-state index >= 15 is 0 Å². The Hall–Kier alpha value is -0.790. The Morgan fingerprint density at radius 3 is 1.26 bits per heavy atom. The van der Waals surface area contributed by atoms with Crippen LogP contribution in [0.5, 0.6) is 0 Å². The fourth-order valence-corrected chi connectivity index (χ4v) is 3.41. The maximum absolute atomic E-state index is 11.4. The van der Waals surface area contributed by atoms with Crippen LogP contribution in [-0.4, -0.2) is 12.6 Å². The molecule has 0 atom stereocenters. The van der Waals surface area contributed by atoms with Crippen molar-refractivity contribution < 1.29 is 9.53 Å². The predicted octanol–water partition coefficient (Wildman–Crippen LogP) is 8.54. The van der Waals surface area contributed by atoms with Gasteiger partial charge in [0.1, 0.15) is 0 Å². The molecule has 0 saturated heterocycles. The fourth-order valence-electron chi connectivity index (χ4n) is 3.41. The van der Waals surface area contributed by atoms with E-state index in [2.05, 4.69) is 13.5 Å². The van der Waals surface area contributed by atoms with Crippen LogP contribution in [0.3, 0.4) is 0 Å². The number of hydrogen-bond donors (Lipinski definition) is 0. The molecule has 0 aliphatic heterocycles. The maximum Gasteiger partial charge on any atom is 0.333 e. The van der Waals surface area contributed by atoms with Gasteiger partial charge in [-0.25, -0.2) is 4.79 Å². The molecule has 0 aromatic carbocycles. The normalized spacial score (nSPS) is 10.9. The zero-order valence-corrected chi connectivity index (χ0v) is 18.7. The second-order valence-corrected chi connectivity index (χ2v) is 8.10. The van der Waals surface area contributed by atoms with Crippen LogP contribution in [0.25, 0.3) is 0 Å². The van der Waals surface area contributed by atoms with Crippen LogP contribution in [0.15, 0.2) is 12.2 Å². The standard InChI is InChI=1S/C25H48O2/c1-4-6-7-8-9-10-11-12-13-14-15-16-17-18-19-20-21-22-23-27-25(26)24(3)5-2/h3-23H2,1-2H3. The SMILES string of the molecule is C=C(CC)C(=O)OCCCCCCCCCCCCCCCCCCCC. The number of rotatable bonds is 21. The molecule has 0 aliphatic rings. The van der Waals surface area contributed by atoms with Crippen molar-refractivity contribution in [3.8, 4) is 0 Å². The second kappa shape index (κ2) is 21.5. The summed E-state index contributed by atoms with van der Waals surface area (Å²) >= 11 is 0. The molecule has 0 spiro atoms. The van der Waals surface area contributed by atoms with E-state index in [0.717, 1.165) is 6.42 Å². The molecule has 0 aromatic rings. The summed E-state index contributed by atoms with van der Waals surface area (Å²) in [5, 5.41) is 0. The van der Waals surface area contributed by atoms with E-state index in [-0.39, 0.29) is 5.97 Å². The second-order valence-electron chi connectivity index (χ2n) is 8.10. The minimum Gasteiger partial charge on any atom is -0.462 e. The molecule has 0 aliphatic carbocycles. The van der Waals surface area contributed by atoms with Crippen molar-refractivity contribution in [2.75, 3.05) is 6.61 Å². The quantitative estimate of drug-likeness (QED) is 0.113. The molecular weight excluding hydrogens is 332 g/mol. The summed E-state index contributed by atoms with van der Waals surface area (Å²) in [4.78, 5) is 11.4. The van der Waals surface area contributed by atoms with Crippen molar-refractivity contribution in [2.45, 2.75) is 136 Å². The van der Waals surface area contributed by atoms with E-state index < -0.39 is 0 Å². The number of ether oxygens (including phenoxy) is 1. The molecule has 0 heterocycles. The van der Waals surface area contributed by atoms with Crippen molar-refractivity contribution in [1.29, 1.82) is 0 Å². The smallest absolute Gasteiger partial charge is 0.333 e. The van der Waals surface area contributed by atoms with Gasteiger partial charge in [0.2, 0.25) is 0 Å². The van der Waals surface area contributed by atoms with Gasteiger partial charge >= 0.3 is 5.97 Å². The minimum absolute atomic E-state index is 0.218. The van der Waals surface area contributed by atoms with Crippen LogP contribution >= 0.6 is 0 Å². The molecule has 27 heavy (non-hydrogen) atoms. The van der Waals surface area contributed by atoms with E-state index in [4.69, 9.17) is 4.74 Å². The van der Waals surface area contributed by atoms with E-state index in [1.165, 1.54) is 109 Å². The average Bonchev–Trinajstić information content (AvgIpc) is 2.68. The third-order valence-corrected chi connectivity index (χ3v) is 5.45. The molecule has 0 amide bonds. The van der Waals surface area contributed by atoms with Crippen molar-refractivity contribution in [3.63, 3.8) is 0 Å². The highest BCUT2D eigenvalue weighted by molar-refractivity contribution is 5.87. The first-order valence-corrected chi connectivity index (χ1v) is 12.1. The summed E-state index contributed by atoms with van der Waals surface area (Å²) in [5.41, 5.74) is 0.581. The molecule has 0 unspecified atom stereocenters. The van der Waals surface area contributed by atoms with E-state index in [1.807, 2.05) is 6.92 Å². The molecule has 0 bridgehead atoms. The molecule has 0 radical (unpaired) electrons. The van der Waals surface area contributed by atoms with Gasteiger partial charge in [-0.1, -0.05) is 130 Å². The van der Waals surface area contributed by atoms with E-state index in [9.17, 15) is 4.79 Å². The monoisotopic (exact) mass is 380 g/mol. The summed E-state index contributed by atoms with van der Waals surface area (Å²) in [6.45, 7) is 8.47. The number of unbranched alkanes of at least 4 members (excludes halogenated alkanes) is 17. The Bertz CT molecular complexity index is 335. The first kappa shape index (κ1) is 26.2. The topological polar surface area (TPSA) is 26.3 Å². The maximum atomic E-state index is 11.4. The van der Waals surface area contributed by atoms with Gasteiger partial charge in [0.25, 0.3) is 0 Å². The molecule has 0 saturated carbocycles. The molecule has 160 valence electrons. The first-order chi connectivity index (χ1) is 13.2. The Morgan fingerprint density at radius 2 is 0.926 bits per heavy atom. The van der Waals surface area contributed by atoms with Crippen molar-refractivity contribution in [3.05, 3.63) is 12.2 Å². The van der Waals surface area contributed by atoms with Gasteiger partial charge in [-0.15, -0.1) is 0 Å². The van der Waals surface area contributed by atoms with Gasteiger partial charge in [0.15, 0.2) is 0 Å². The Balaban J connectivity index is 3.09. The third kappa shape index (κ3) is 19.8. The molecule has 0 N–H and O–H groups in total. The van der Waals surface area contributed by atoms with Crippen molar-refractivity contribution >= 4 is 5.97 Å². The Labute approximate surface area is 170 Å². The van der Waals surface area contributed by atoms with Gasteiger partial charge in [0.05, 0.1) is 6.61 Å². The summed E-state index contributed by atoms with van der Waals surface area (Å²) in [6, 6.07) is 0. The zero-order chi connectivity index (χ0) is 20.0. The summed E-state index contributed by atoms with van der Waals surface area (Å²) in [7, 11) is 0. The minimum atomic E-state index is -0.218. The van der Waals surface area contributed by atoms with E-state index in [0.29, 0.717) is 18.6 Å². The van der Waals surface area contributed by atoms with Crippen LogP contribution in [-0.2, 0) is 9.53 Å². The molecular formula is C25H48O2. The van der Waals surface area contributed by atoms with Gasteiger partial charge < -0.3 is 4.74 Å². The lowest BCUT2D eigenvalue weighted by molar-refractivity contribution is -0.139. The van der Waals surface area contributed by atoms with Crippen LogP contribution in [0.1, 0.15) is 136 Å². The Kier molecular flexibility index (Phi) is 20.9. The van der Waals surface area contributed by atoms with Crippen LogP contribution in [0.2, 0.25) is 0 Å². The van der Waals surface area contributed by atoms with Crippen LogP contribution < -0.4 is 0 Å². The average molecular weight is 381 g/mol. The van der Waals surface area contributed by atoms with Crippen molar-refractivity contribution in [1.82, 2.24) is 0 Å². The van der Waals surface area contributed by atoms with Crippen LogP contribution in [0, 0.1) is 0 Å². The Morgan fingerprint density at radius 1 is 0.593 bits per heavy atom. The summed E-state index contributed by atoms with van der Waals surface area (Å²) in [5.74, 6) is -0.218. The molecule has 2 nitrogen and oxygen atoms in total. The van der Waals surface area contributed by atoms with Gasteiger partial charge in [0, 0.05) is 5.57 Å². The van der Waals surface area contributed by atoms with Crippen molar-refractivity contribution in [2.24, 2.45) is 0 Å². The van der Waals surface area contributed by atoms with Gasteiger partial charge in [-0.3, -0.25) is 0 Å². The fraction of sp³-hybridized carbons (Fsp3) is 0.880. The van der Waals surface area contributed by atoms with Gasteiger partial charge in [-0.05, 0) is 12.8 Å². The number of esters is 1. The highest BCUT2D eigenvalue weighted by Crippen LogP contribution is 2.14. The number of carbonyl (C=O) groups excluding carboxylic acids is 1. The largest absolute Gasteiger partial charge is 0.462 e. The zero-order valence-electron chi connectivity index (χ0n) is 18.7. The highest BCUT2D eigenvalue weighted by atomic mass is 16.5. The lowest BCUT2D eigenvalue weighted by Crippen LogP contribution is -2.07. The lowest BCUT2D eigenvalue weighted by Gasteiger charge is -2.06. The number of carbonyl (C=O) groups is 1. The molecule has 0 aromatic heterocycles. The van der Waals surface area contributed by atoms with Gasteiger partial charge in [-0.2, -0.15) is 0 Å². The third-order valence-electron chi connectivity index (χ3n) is 5.45.